The lowest BCUT2D eigenvalue weighted by molar-refractivity contribution is -0.138. The Kier molecular flexibility index (Phi) is 6.98. The van der Waals surface area contributed by atoms with E-state index in [1.807, 2.05) is 13.8 Å². The SMILES string of the molecule is C=C1OC(=O)C(C)C1C.CC1Cc2ccccc2C1C.CC1c2cccc3cccc(c23)C1C. The van der Waals surface area contributed by atoms with Crippen LogP contribution in [0.2, 0.25) is 0 Å². The number of esters is 1. The third-order valence-electron chi connectivity index (χ3n) is 8.50. The molecule has 0 spiro atoms. The Hall–Kier alpha value is -2.87. The van der Waals surface area contributed by atoms with Crippen molar-refractivity contribution in [1.82, 2.24) is 0 Å². The van der Waals surface area contributed by atoms with E-state index < -0.39 is 0 Å². The van der Waals surface area contributed by atoms with Crippen molar-refractivity contribution in [3.05, 3.63) is 95.3 Å². The molecular formula is C32H38O2. The van der Waals surface area contributed by atoms with Gasteiger partial charge in [0.2, 0.25) is 0 Å². The van der Waals surface area contributed by atoms with Crippen LogP contribution in [0, 0.1) is 17.8 Å². The van der Waals surface area contributed by atoms with Crippen molar-refractivity contribution in [1.29, 1.82) is 0 Å². The van der Waals surface area contributed by atoms with Crippen molar-refractivity contribution in [3.63, 3.8) is 0 Å². The van der Waals surface area contributed by atoms with Crippen molar-refractivity contribution < 1.29 is 9.53 Å². The fourth-order valence-electron chi connectivity index (χ4n) is 5.49. The molecule has 1 aliphatic heterocycles. The van der Waals surface area contributed by atoms with Gasteiger partial charge in [-0.05, 0) is 63.1 Å². The molecule has 0 amide bonds. The first-order chi connectivity index (χ1) is 16.2. The molecule has 0 radical (unpaired) electrons. The average Bonchev–Trinajstić information content (AvgIpc) is 3.36. The fraction of sp³-hybridized carbons (Fsp3) is 0.406. The van der Waals surface area contributed by atoms with Gasteiger partial charge in [-0.2, -0.15) is 0 Å². The van der Waals surface area contributed by atoms with Crippen LogP contribution in [0.4, 0.5) is 0 Å². The summed E-state index contributed by atoms with van der Waals surface area (Å²) >= 11 is 0. The number of ether oxygens (including phenoxy) is 1. The minimum atomic E-state index is -0.146. The van der Waals surface area contributed by atoms with Gasteiger partial charge in [0.25, 0.3) is 0 Å². The van der Waals surface area contributed by atoms with E-state index in [2.05, 4.69) is 94.9 Å². The molecule has 6 atom stereocenters. The summed E-state index contributed by atoms with van der Waals surface area (Å²) in [7, 11) is 0. The van der Waals surface area contributed by atoms with Gasteiger partial charge in [0, 0.05) is 5.92 Å². The molecule has 0 saturated carbocycles. The van der Waals surface area contributed by atoms with Gasteiger partial charge in [0.05, 0.1) is 5.92 Å². The maximum atomic E-state index is 10.7. The minimum absolute atomic E-state index is 0.00231. The van der Waals surface area contributed by atoms with E-state index >= 15 is 0 Å². The standard InChI is InChI=1S/C14H14.C11H14.C7H10O2/c1-9-10(2)13-8-4-6-11-5-3-7-12(9)14(11)13;1-8-7-10-5-3-4-6-11(10)9(8)2;1-4-5(2)7(8)9-6(4)3/h3-10H,1-2H3;3-6,8-9H,7H2,1-2H3;4-5H,3H2,1-2H3. The Morgan fingerprint density at radius 1 is 0.676 bits per heavy atom. The number of hydrogen-bond donors (Lipinski definition) is 0. The van der Waals surface area contributed by atoms with E-state index in [1.54, 1.807) is 11.1 Å². The lowest BCUT2D eigenvalue weighted by Gasteiger charge is -2.10. The Bertz CT molecular complexity index is 1150. The number of benzene rings is 3. The van der Waals surface area contributed by atoms with Crippen LogP contribution >= 0.6 is 0 Å². The maximum Gasteiger partial charge on any atom is 0.314 e. The quantitative estimate of drug-likeness (QED) is 0.319. The highest BCUT2D eigenvalue weighted by Gasteiger charge is 2.33. The molecule has 2 nitrogen and oxygen atoms in total. The Morgan fingerprint density at radius 3 is 1.71 bits per heavy atom. The highest BCUT2D eigenvalue weighted by Crippen LogP contribution is 2.45. The van der Waals surface area contributed by atoms with E-state index in [0.717, 1.165) is 11.8 Å². The largest absolute Gasteiger partial charge is 0.431 e. The third-order valence-corrected chi connectivity index (χ3v) is 8.50. The molecule has 3 aromatic carbocycles. The minimum Gasteiger partial charge on any atom is -0.431 e. The zero-order valence-electron chi connectivity index (χ0n) is 21.5. The number of carbonyl (C=O) groups excluding carboxylic acids is 1. The van der Waals surface area contributed by atoms with Gasteiger partial charge in [-0.25, -0.2) is 0 Å². The molecule has 6 unspecified atom stereocenters. The molecule has 0 N–H and O–H groups in total. The van der Waals surface area contributed by atoms with Crippen LogP contribution in [-0.4, -0.2) is 5.97 Å². The first kappa shape index (κ1) is 24.3. The summed E-state index contributed by atoms with van der Waals surface area (Å²) in [6.45, 7) is 16.7. The summed E-state index contributed by atoms with van der Waals surface area (Å²) in [5.41, 5.74) is 6.20. The van der Waals surface area contributed by atoms with E-state index in [-0.39, 0.29) is 17.8 Å². The second-order valence-electron chi connectivity index (χ2n) is 10.5. The van der Waals surface area contributed by atoms with Crippen LogP contribution < -0.4 is 0 Å². The highest BCUT2D eigenvalue weighted by molar-refractivity contribution is 5.92. The lowest BCUT2D eigenvalue weighted by Crippen LogP contribution is -2.07. The zero-order valence-corrected chi connectivity index (χ0v) is 21.5. The van der Waals surface area contributed by atoms with E-state index in [4.69, 9.17) is 4.74 Å². The van der Waals surface area contributed by atoms with Crippen LogP contribution in [0.25, 0.3) is 10.8 Å². The predicted molar refractivity (Wildman–Crippen MR) is 142 cm³/mol. The number of rotatable bonds is 0. The molecule has 3 aromatic rings. The number of carbonyl (C=O) groups is 1. The van der Waals surface area contributed by atoms with Crippen molar-refractivity contribution in [2.45, 2.75) is 65.7 Å². The summed E-state index contributed by atoms with van der Waals surface area (Å²) < 4.78 is 4.75. The Labute approximate surface area is 205 Å². The van der Waals surface area contributed by atoms with Crippen molar-refractivity contribution in [2.24, 2.45) is 17.8 Å². The predicted octanol–water partition coefficient (Wildman–Crippen LogP) is 8.37. The monoisotopic (exact) mass is 454 g/mol. The number of allylic oxidation sites excluding steroid dienone is 1. The van der Waals surface area contributed by atoms with Gasteiger partial charge in [-0.1, -0.05) is 109 Å². The zero-order chi connectivity index (χ0) is 24.6. The van der Waals surface area contributed by atoms with Crippen LogP contribution in [0.3, 0.4) is 0 Å². The van der Waals surface area contributed by atoms with Gasteiger partial charge in [-0.3, -0.25) is 4.79 Å². The molecule has 1 fully saturated rings. The van der Waals surface area contributed by atoms with Crippen LogP contribution in [-0.2, 0) is 16.0 Å². The summed E-state index contributed by atoms with van der Waals surface area (Å²) in [4.78, 5) is 10.7. The molecule has 0 aromatic heterocycles. The molecule has 2 heteroatoms. The maximum absolute atomic E-state index is 10.7. The smallest absolute Gasteiger partial charge is 0.314 e. The number of cyclic esters (lactones) is 1. The Balaban J connectivity index is 0.000000124. The molecule has 178 valence electrons. The van der Waals surface area contributed by atoms with Gasteiger partial charge < -0.3 is 4.74 Å². The number of fused-ring (bicyclic) bond motifs is 1. The molecule has 34 heavy (non-hydrogen) atoms. The van der Waals surface area contributed by atoms with Gasteiger partial charge in [0.1, 0.15) is 5.76 Å². The van der Waals surface area contributed by atoms with Gasteiger partial charge in [-0.15, -0.1) is 0 Å². The van der Waals surface area contributed by atoms with Crippen LogP contribution in [0.5, 0.6) is 0 Å². The molecule has 1 heterocycles. The first-order valence-corrected chi connectivity index (χ1v) is 12.7. The van der Waals surface area contributed by atoms with Gasteiger partial charge >= 0.3 is 5.97 Å². The average molecular weight is 455 g/mol. The van der Waals surface area contributed by atoms with E-state index in [9.17, 15) is 4.79 Å². The summed E-state index contributed by atoms with van der Waals surface area (Å²) in [6.07, 6.45) is 1.28. The normalized spacial score (nSPS) is 28.5. The van der Waals surface area contributed by atoms with Crippen LogP contribution in [0.1, 0.15) is 81.5 Å². The van der Waals surface area contributed by atoms with Crippen molar-refractivity contribution in [2.75, 3.05) is 0 Å². The first-order valence-electron chi connectivity index (χ1n) is 12.7. The number of hydrogen-bond acceptors (Lipinski definition) is 2. The summed E-state index contributed by atoms with van der Waals surface area (Å²) in [5, 5.41) is 2.91. The summed E-state index contributed by atoms with van der Waals surface area (Å²) in [5.74, 6) is 3.61. The fourth-order valence-corrected chi connectivity index (χ4v) is 5.49. The molecule has 0 bridgehead atoms. The second kappa shape index (κ2) is 9.78. The molecule has 1 saturated heterocycles. The second-order valence-corrected chi connectivity index (χ2v) is 10.5. The topological polar surface area (TPSA) is 26.3 Å². The highest BCUT2D eigenvalue weighted by atomic mass is 16.5. The van der Waals surface area contributed by atoms with Crippen LogP contribution in [0.15, 0.2) is 73.0 Å². The molecule has 3 aliphatic rings. The van der Waals surface area contributed by atoms with Crippen molar-refractivity contribution >= 4 is 16.7 Å². The molecule has 2 aliphatic carbocycles. The summed E-state index contributed by atoms with van der Waals surface area (Å²) in [6, 6.07) is 22.2. The van der Waals surface area contributed by atoms with Gasteiger partial charge in [0.15, 0.2) is 0 Å². The third kappa shape index (κ3) is 4.43. The van der Waals surface area contributed by atoms with E-state index in [0.29, 0.717) is 17.6 Å². The Morgan fingerprint density at radius 2 is 1.24 bits per heavy atom. The molecule has 6 rings (SSSR count). The van der Waals surface area contributed by atoms with Crippen molar-refractivity contribution in [3.8, 4) is 0 Å². The van der Waals surface area contributed by atoms with E-state index in [1.165, 1.54) is 28.3 Å². The lowest BCUT2D eigenvalue weighted by atomic mass is 9.94. The molecular weight excluding hydrogens is 416 g/mol.